The van der Waals surface area contributed by atoms with E-state index in [9.17, 15) is 4.79 Å². The zero-order valence-electron chi connectivity index (χ0n) is 9.32. The average Bonchev–Trinajstić information content (AvgIpc) is 2.20. The van der Waals surface area contributed by atoms with E-state index in [2.05, 4.69) is 0 Å². The molecule has 0 bridgehead atoms. The van der Waals surface area contributed by atoms with E-state index < -0.39 is 12.0 Å². The monoisotopic (exact) mass is 207 g/mol. The summed E-state index contributed by atoms with van der Waals surface area (Å²) in [6, 6.07) is 5.04. The van der Waals surface area contributed by atoms with Gasteiger partial charge in [-0.3, -0.25) is 4.79 Å². The van der Waals surface area contributed by atoms with Crippen LogP contribution in [0.25, 0.3) is 0 Å². The molecule has 0 aliphatic heterocycles. The highest BCUT2D eigenvalue weighted by atomic mass is 16.4. The fraction of sp³-hybridized carbons (Fsp3) is 0.417. The SMILES string of the molecule is Cc1cccc([C@@H](C)[C@H](N)C(=O)O)c1C. The number of carbonyl (C=O) groups is 1. The van der Waals surface area contributed by atoms with Gasteiger partial charge in [-0.25, -0.2) is 0 Å². The third kappa shape index (κ3) is 2.36. The fourth-order valence-electron chi connectivity index (χ4n) is 1.67. The number of aliphatic carboxylic acids is 1. The van der Waals surface area contributed by atoms with Gasteiger partial charge < -0.3 is 10.8 Å². The van der Waals surface area contributed by atoms with Gasteiger partial charge in [0.05, 0.1) is 0 Å². The Morgan fingerprint density at radius 3 is 2.53 bits per heavy atom. The minimum Gasteiger partial charge on any atom is -0.480 e. The Morgan fingerprint density at radius 1 is 1.40 bits per heavy atom. The molecular formula is C12H17NO2. The number of carboxylic acids is 1. The van der Waals surface area contributed by atoms with Crippen LogP contribution in [0.15, 0.2) is 18.2 Å². The molecule has 0 heterocycles. The summed E-state index contributed by atoms with van der Waals surface area (Å²) in [4.78, 5) is 10.8. The molecule has 3 heteroatoms. The summed E-state index contributed by atoms with van der Waals surface area (Å²) in [7, 11) is 0. The zero-order valence-corrected chi connectivity index (χ0v) is 9.32. The molecule has 0 aromatic heterocycles. The van der Waals surface area contributed by atoms with Crippen LogP contribution in [0.4, 0.5) is 0 Å². The topological polar surface area (TPSA) is 63.3 Å². The zero-order chi connectivity index (χ0) is 11.6. The number of nitrogens with two attached hydrogens (primary N) is 1. The molecule has 1 aromatic rings. The van der Waals surface area contributed by atoms with Crippen LogP contribution in [0.2, 0.25) is 0 Å². The van der Waals surface area contributed by atoms with Crippen LogP contribution in [0.3, 0.4) is 0 Å². The standard InChI is InChI=1S/C12H17NO2/c1-7-5-4-6-10(8(7)2)9(3)11(13)12(14)15/h4-6,9,11H,13H2,1-3H3,(H,14,15)/t9-,11+/m1/s1. The lowest BCUT2D eigenvalue weighted by molar-refractivity contribution is -0.139. The first-order chi connectivity index (χ1) is 6.95. The van der Waals surface area contributed by atoms with Crippen molar-refractivity contribution >= 4 is 5.97 Å². The molecule has 1 aromatic carbocycles. The van der Waals surface area contributed by atoms with Crippen LogP contribution >= 0.6 is 0 Å². The molecule has 0 unspecified atom stereocenters. The minimum atomic E-state index is -0.955. The van der Waals surface area contributed by atoms with E-state index in [1.165, 1.54) is 0 Å². The number of hydrogen-bond donors (Lipinski definition) is 2. The molecule has 0 spiro atoms. The van der Waals surface area contributed by atoms with Crippen LogP contribution in [0, 0.1) is 13.8 Å². The summed E-state index contributed by atoms with van der Waals surface area (Å²) in [5, 5.41) is 8.85. The molecule has 0 aliphatic rings. The van der Waals surface area contributed by atoms with Crippen molar-refractivity contribution in [2.24, 2.45) is 5.73 Å². The van der Waals surface area contributed by atoms with Gasteiger partial charge in [0.25, 0.3) is 0 Å². The third-order valence-corrected chi connectivity index (χ3v) is 2.96. The molecule has 3 N–H and O–H groups in total. The van der Waals surface area contributed by atoms with Crippen LogP contribution in [-0.2, 0) is 4.79 Å². The van der Waals surface area contributed by atoms with Crippen molar-refractivity contribution in [2.45, 2.75) is 32.7 Å². The first-order valence-corrected chi connectivity index (χ1v) is 4.99. The van der Waals surface area contributed by atoms with E-state index in [1.54, 1.807) is 0 Å². The number of rotatable bonds is 3. The maximum Gasteiger partial charge on any atom is 0.321 e. The molecular weight excluding hydrogens is 190 g/mol. The Kier molecular flexibility index (Phi) is 3.48. The summed E-state index contributed by atoms with van der Waals surface area (Å²) in [5.74, 6) is -1.12. The largest absolute Gasteiger partial charge is 0.480 e. The lowest BCUT2D eigenvalue weighted by atomic mass is 9.89. The molecule has 3 nitrogen and oxygen atoms in total. The van der Waals surface area contributed by atoms with Gasteiger partial charge in [0.2, 0.25) is 0 Å². The van der Waals surface area contributed by atoms with Crippen molar-refractivity contribution in [3.05, 3.63) is 34.9 Å². The summed E-state index contributed by atoms with van der Waals surface area (Å²) in [6.45, 7) is 5.86. The number of aryl methyl sites for hydroxylation is 1. The van der Waals surface area contributed by atoms with E-state index in [-0.39, 0.29) is 5.92 Å². The summed E-state index contributed by atoms with van der Waals surface area (Å²) >= 11 is 0. The van der Waals surface area contributed by atoms with Gasteiger partial charge in [-0.2, -0.15) is 0 Å². The quantitative estimate of drug-likeness (QED) is 0.794. The molecule has 0 aliphatic carbocycles. The fourth-order valence-corrected chi connectivity index (χ4v) is 1.67. The van der Waals surface area contributed by atoms with E-state index >= 15 is 0 Å². The average molecular weight is 207 g/mol. The lowest BCUT2D eigenvalue weighted by Crippen LogP contribution is -2.35. The molecule has 1 rings (SSSR count). The minimum absolute atomic E-state index is 0.164. The maximum atomic E-state index is 10.8. The molecule has 15 heavy (non-hydrogen) atoms. The van der Waals surface area contributed by atoms with Gasteiger partial charge in [0.1, 0.15) is 6.04 Å². The lowest BCUT2D eigenvalue weighted by Gasteiger charge is -2.19. The van der Waals surface area contributed by atoms with Gasteiger partial charge in [-0.1, -0.05) is 25.1 Å². The summed E-state index contributed by atoms with van der Waals surface area (Å²) < 4.78 is 0. The highest BCUT2D eigenvalue weighted by Crippen LogP contribution is 2.23. The highest BCUT2D eigenvalue weighted by molar-refractivity contribution is 5.74. The van der Waals surface area contributed by atoms with Gasteiger partial charge in [-0.05, 0) is 30.5 Å². The molecule has 82 valence electrons. The van der Waals surface area contributed by atoms with Crippen molar-refractivity contribution in [1.29, 1.82) is 0 Å². The number of benzene rings is 1. The Bertz CT molecular complexity index is 374. The van der Waals surface area contributed by atoms with E-state index in [1.807, 2.05) is 39.0 Å². The Balaban J connectivity index is 3.06. The summed E-state index contributed by atoms with van der Waals surface area (Å²) in [5.41, 5.74) is 8.92. The van der Waals surface area contributed by atoms with Crippen molar-refractivity contribution < 1.29 is 9.90 Å². The number of hydrogen-bond acceptors (Lipinski definition) is 2. The number of carboxylic acid groups (broad SMARTS) is 1. The predicted molar refractivity (Wildman–Crippen MR) is 59.9 cm³/mol. The first-order valence-electron chi connectivity index (χ1n) is 4.99. The second-order valence-electron chi connectivity index (χ2n) is 3.94. The van der Waals surface area contributed by atoms with Gasteiger partial charge in [0, 0.05) is 5.92 Å². The van der Waals surface area contributed by atoms with Gasteiger partial charge in [0.15, 0.2) is 0 Å². The van der Waals surface area contributed by atoms with Gasteiger partial charge >= 0.3 is 5.97 Å². The van der Waals surface area contributed by atoms with Crippen molar-refractivity contribution in [3.8, 4) is 0 Å². The Hall–Kier alpha value is -1.35. The molecule has 0 saturated heterocycles. The van der Waals surface area contributed by atoms with Crippen LogP contribution < -0.4 is 5.73 Å². The van der Waals surface area contributed by atoms with Crippen LogP contribution in [0.5, 0.6) is 0 Å². The van der Waals surface area contributed by atoms with Crippen LogP contribution in [-0.4, -0.2) is 17.1 Å². The molecule has 0 saturated carbocycles. The second kappa shape index (κ2) is 4.45. The maximum absolute atomic E-state index is 10.8. The predicted octanol–water partition coefficient (Wildman–Crippen LogP) is 1.82. The first kappa shape index (κ1) is 11.7. The van der Waals surface area contributed by atoms with E-state index in [0.29, 0.717) is 0 Å². The van der Waals surface area contributed by atoms with E-state index in [4.69, 9.17) is 10.8 Å². The summed E-state index contributed by atoms with van der Waals surface area (Å²) in [6.07, 6.45) is 0. The Labute approximate surface area is 89.9 Å². The van der Waals surface area contributed by atoms with Crippen molar-refractivity contribution in [2.75, 3.05) is 0 Å². The second-order valence-corrected chi connectivity index (χ2v) is 3.94. The van der Waals surface area contributed by atoms with Crippen LogP contribution in [0.1, 0.15) is 29.5 Å². The molecule has 0 radical (unpaired) electrons. The molecule has 2 atom stereocenters. The van der Waals surface area contributed by atoms with E-state index in [0.717, 1.165) is 16.7 Å². The van der Waals surface area contributed by atoms with Crippen molar-refractivity contribution in [1.82, 2.24) is 0 Å². The van der Waals surface area contributed by atoms with Crippen molar-refractivity contribution in [3.63, 3.8) is 0 Å². The smallest absolute Gasteiger partial charge is 0.321 e. The normalized spacial score (nSPS) is 14.7. The molecule has 0 amide bonds. The highest BCUT2D eigenvalue weighted by Gasteiger charge is 2.22. The third-order valence-electron chi connectivity index (χ3n) is 2.96. The Morgan fingerprint density at radius 2 is 2.00 bits per heavy atom. The molecule has 0 fully saturated rings. The van der Waals surface area contributed by atoms with Gasteiger partial charge in [-0.15, -0.1) is 0 Å².